The Kier molecular flexibility index (Phi) is 2.86. The Balaban J connectivity index is 1.81. The highest BCUT2D eigenvalue weighted by Crippen LogP contribution is 2.20. The molecule has 3 nitrogen and oxygen atoms in total. The van der Waals surface area contributed by atoms with Gasteiger partial charge < -0.3 is 14.8 Å². The van der Waals surface area contributed by atoms with Gasteiger partial charge in [0.25, 0.3) is 0 Å². The van der Waals surface area contributed by atoms with Gasteiger partial charge >= 0.3 is 0 Å². The van der Waals surface area contributed by atoms with E-state index in [9.17, 15) is 0 Å². The third-order valence-electron chi connectivity index (χ3n) is 2.93. The smallest absolute Gasteiger partial charge is 0.0646 e. The van der Waals surface area contributed by atoms with Gasteiger partial charge in [0.1, 0.15) is 0 Å². The Morgan fingerprint density at radius 1 is 1.31 bits per heavy atom. The molecule has 0 bridgehead atoms. The van der Waals surface area contributed by atoms with Gasteiger partial charge in [-0.05, 0) is 26.2 Å². The molecular weight excluding hydrogens is 166 g/mol. The molecule has 2 heterocycles. The summed E-state index contributed by atoms with van der Waals surface area (Å²) in [6.07, 6.45) is 3.56. The SMILES string of the molecule is CC1(NC2CCCOC2)CCOC1. The highest BCUT2D eigenvalue weighted by Gasteiger charge is 2.32. The molecular formula is C10H19NO2. The van der Waals surface area contributed by atoms with E-state index in [1.54, 1.807) is 0 Å². The molecule has 1 N–H and O–H groups in total. The van der Waals surface area contributed by atoms with Crippen LogP contribution in [0.1, 0.15) is 26.2 Å². The topological polar surface area (TPSA) is 30.5 Å². The van der Waals surface area contributed by atoms with Crippen molar-refractivity contribution in [1.29, 1.82) is 0 Å². The fourth-order valence-corrected chi connectivity index (χ4v) is 2.13. The number of ether oxygens (including phenoxy) is 2. The molecule has 2 atom stereocenters. The van der Waals surface area contributed by atoms with Gasteiger partial charge in [-0.15, -0.1) is 0 Å². The number of nitrogens with one attached hydrogen (secondary N) is 1. The van der Waals surface area contributed by atoms with Gasteiger partial charge in [-0.25, -0.2) is 0 Å². The predicted octanol–water partition coefficient (Wildman–Crippen LogP) is 0.934. The van der Waals surface area contributed by atoms with Crippen LogP contribution in [0.3, 0.4) is 0 Å². The second kappa shape index (κ2) is 3.95. The van der Waals surface area contributed by atoms with Crippen molar-refractivity contribution in [1.82, 2.24) is 5.32 Å². The van der Waals surface area contributed by atoms with Gasteiger partial charge in [0.05, 0.1) is 13.2 Å². The van der Waals surface area contributed by atoms with Crippen LogP contribution in [0.25, 0.3) is 0 Å². The molecule has 0 aliphatic carbocycles. The summed E-state index contributed by atoms with van der Waals surface area (Å²) < 4.78 is 10.8. The van der Waals surface area contributed by atoms with Gasteiger partial charge in [0.2, 0.25) is 0 Å². The summed E-state index contributed by atoms with van der Waals surface area (Å²) in [7, 11) is 0. The van der Waals surface area contributed by atoms with Crippen LogP contribution in [-0.2, 0) is 9.47 Å². The van der Waals surface area contributed by atoms with Crippen molar-refractivity contribution in [2.45, 2.75) is 37.8 Å². The number of hydrogen-bond acceptors (Lipinski definition) is 3. The Morgan fingerprint density at radius 3 is 2.85 bits per heavy atom. The first-order valence-electron chi connectivity index (χ1n) is 5.22. The number of hydrogen-bond donors (Lipinski definition) is 1. The summed E-state index contributed by atoms with van der Waals surface area (Å²) in [4.78, 5) is 0. The zero-order valence-corrected chi connectivity index (χ0v) is 8.34. The first-order valence-corrected chi connectivity index (χ1v) is 5.22. The zero-order chi connectivity index (χ0) is 9.15. The van der Waals surface area contributed by atoms with Crippen LogP contribution in [0.2, 0.25) is 0 Å². The van der Waals surface area contributed by atoms with E-state index in [4.69, 9.17) is 9.47 Å². The van der Waals surface area contributed by atoms with Crippen molar-refractivity contribution in [3.05, 3.63) is 0 Å². The van der Waals surface area contributed by atoms with Crippen LogP contribution in [-0.4, -0.2) is 38.0 Å². The summed E-state index contributed by atoms with van der Waals surface area (Å²) in [5, 5.41) is 3.64. The molecule has 13 heavy (non-hydrogen) atoms. The van der Waals surface area contributed by atoms with Crippen LogP contribution in [0.15, 0.2) is 0 Å². The molecule has 3 heteroatoms. The summed E-state index contributed by atoms with van der Waals surface area (Å²) in [5.41, 5.74) is 0.200. The third kappa shape index (κ3) is 2.42. The minimum Gasteiger partial charge on any atom is -0.380 e. The average Bonchev–Trinajstić information content (AvgIpc) is 2.54. The molecule has 76 valence electrons. The maximum absolute atomic E-state index is 5.43. The second-order valence-corrected chi connectivity index (χ2v) is 4.42. The maximum atomic E-state index is 5.43. The van der Waals surface area contributed by atoms with Gasteiger partial charge in [-0.2, -0.15) is 0 Å². The molecule has 0 amide bonds. The molecule has 0 spiro atoms. The minimum atomic E-state index is 0.200. The van der Waals surface area contributed by atoms with Gasteiger partial charge in [-0.3, -0.25) is 0 Å². The lowest BCUT2D eigenvalue weighted by Gasteiger charge is -2.32. The van der Waals surface area contributed by atoms with Crippen molar-refractivity contribution in [3.8, 4) is 0 Å². The lowest BCUT2D eigenvalue weighted by atomic mass is 9.98. The normalized spacial score (nSPS) is 40.8. The Morgan fingerprint density at radius 2 is 2.23 bits per heavy atom. The van der Waals surface area contributed by atoms with Crippen molar-refractivity contribution in [3.63, 3.8) is 0 Å². The molecule has 0 aromatic heterocycles. The van der Waals surface area contributed by atoms with Gasteiger partial charge in [0.15, 0.2) is 0 Å². The van der Waals surface area contributed by atoms with E-state index in [-0.39, 0.29) is 5.54 Å². The first-order chi connectivity index (χ1) is 6.29. The predicted molar refractivity (Wildman–Crippen MR) is 50.8 cm³/mol. The highest BCUT2D eigenvalue weighted by atomic mass is 16.5. The fraction of sp³-hybridized carbons (Fsp3) is 1.00. The van der Waals surface area contributed by atoms with Crippen LogP contribution in [0.5, 0.6) is 0 Å². The molecule has 0 saturated carbocycles. The van der Waals surface area contributed by atoms with E-state index in [0.29, 0.717) is 6.04 Å². The Labute approximate surface area is 79.8 Å². The molecule has 2 fully saturated rings. The van der Waals surface area contributed by atoms with E-state index >= 15 is 0 Å². The molecule has 2 saturated heterocycles. The Bertz CT molecular complexity index is 160. The minimum absolute atomic E-state index is 0.200. The summed E-state index contributed by atoms with van der Waals surface area (Å²) in [5.74, 6) is 0. The first kappa shape index (κ1) is 9.44. The monoisotopic (exact) mass is 185 g/mol. The van der Waals surface area contributed by atoms with E-state index in [1.807, 2.05) is 0 Å². The molecule has 0 aromatic carbocycles. The van der Waals surface area contributed by atoms with Gasteiger partial charge in [0, 0.05) is 24.8 Å². The zero-order valence-electron chi connectivity index (χ0n) is 8.34. The summed E-state index contributed by atoms with van der Waals surface area (Å²) in [6, 6.07) is 0.542. The lowest BCUT2D eigenvalue weighted by Crippen LogP contribution is -2.51. The molecule has 2 aliphatic heterocycles. The number of rotatable bonds is 2. The van der Waals surface area contributed by atoms with Crippen LogP contribution in [0.4, 0.5) is 0 Å². The quantitative estimate of drug-likeness (QED) is 0.694. The molecule has 2 aliphatic rings. The molecule has 2 rings (SSSR count). The van der Waals surface area contributed by atoms with E-state index < -0.39 is 0 Å². The van der Waals surface area contributed by atoms with E-state index in [1.165, 1.54) is 12.8 Å². The summed E-state index contributed by atoms with van der Waals surface area (Å²) >= 11 is 0. The summed E-state index contributed by atoms with van der Waals surface area (Å²) in [6.45, 7) is 5.80. The Hall–Kier alpha value is -0.120. The molecule has 2 unspecified atom stereocenters. The lowest BCUT2D eigenvalue weighted by molar-refractivity contribution is 0.0565. The van der Waals surface area contributed by atoms with Crippen molar-refractivity contribution in [2.75, 3.05) is 26.4 Å². The molecule has 0 radical (unpaired) electrons. The average molecular weight is 185 g/mol. The highest BCUT2D eigenvalue weighted by molar-refractivity contribution is 4.90. The van der Waals surface area contributed by atoms with Crippen LogP contribution < -0.4 is 5.32 Å². The third-order valence-corrected chi connectivity index (χ3v) is 2.93. The largest absolute Gasteiger partial charge is 0.380 e. The van der Waals surface area contributed by atoms with E-state index in [2.05, 4.69) is 12.2 Å². The van der Waals surface area contributed by atoms with Crippen molar-refractivity contribution < 1.29 is 9.47 Å². The van der Waals surface area contributed by atoms with Gasteiger partial charge in [-0.1, -0.05) is 0 Å². The van der Waals surface area contributed by atoms with E-state index in [0.717, 1.165) is 32.8 Å². The second-order valence-electron chi connectivity index (χ2n) is 4.42. The molecule has 0 aromatic rings. The van der Waals surface area contributed by atoms with Crippen LogP contribution >= 0.6 is 0 Å². The van der Waals surface area contributed by atoms with Crippen molar-refractivity contribution >= 4 is 0 Å². The van der Waals surface area contributed by atoms with Crippen molar-refractivity contribution in [2.24, 2.45) is 0 Å². The standard InChI is InChI=1S/C10H19NO2/c1-10(4-6-13-8-10)11-9-3-2-5-12-7-9/h9,11H,2-8H2,1H3. The maximum Gasteiger partial charge on any atom is 0.0646 e. The van der Waals surface area contributed by atoms with Crippen LogP contribution in [0, 0.1) is 0 Å². The fourth-order valence-electron chi connectivity index (χ4n) is 2.13.